The van der Waals surface area contributed by atoms with Crippen LogP contribution in [-0.4, -0.2) is 56.5 Å². The molecule has 1 aliphatic rings. The molecule has 5 aromatic rings. The first-order valence-electron chi connectivity index (χ1n) is 14.9. The number of hydrogen-bond donors (Lipinski definition) is 2. The quantitative estimate of drug-likeness (QED) is 0.272. The number of aryl methyl sites for hydroxylation is 1. The molecule has 1 fully saturated rings. The number of nitrogens with one attached hydrogen (secondary N) is 1. The number of nitrogen functional groups attached to an aromatic ring is 1. The second-order valence-electron chi connectivity index (χ2n) is 11.3. The van der Waals surface area contributed by atoms with Crippen molar-refractivity contribution in [3.05, 3.63) is 100 Å². The Kier molecular flexibility index (Phi) is 8.18. The van der Waals surface area contributed by atoms with Gasteiger partial charge >= 0.3 is 0 Å². The van der Waals surface area contributed by atoms with Crippen LogP contribution in [0.25, 0.3) is 28.2 Å². The van der Waals surface area contributed by atoms with Gasteiger partial charge in [0.05, 0.1) is 29.4 Å². The summed E-state index contributed by atoms with van der Waals surface area (Å²) in [5.74, 6) is 0.707. The van der Waals surface area contributed by atoms with Gasteiger partial charge in [0, 0.05) is 50.3 Å². The summed E-state index contributed by atoms with van der Waals surface area (Å²) in [4.78, 5) is 42.8. The van der Waals surface area contributed by atoms with Gasteiger partial charge in [-0.25, -0.2) is 19.6 Å². The molecule has 0 bridgehead atoms. The number of ether oxygens (including phenoxy) is 1. The van der Waals surface area contributed by atoms with Crippen molar-refractivity contribution in [2.24, 2.45) is 7.05 Å². The van der Waals surface area contributed by atoms with Crippen molar-refractivity contribution in [3.8, 4) is 28.2 Å². The van der Waals surface area contributed by atoms with Crippen molar-refractivity contribution in [1.82, 2.24) is 24.3 Å². The molecule has 6 rings (SSSR count). The lowest BCUT2D eigenvalue weighted by Crippen LogP contribution is -2.37. The molecular formula is C34H36N8O3. The van der Waals surface area contributed by atoms with Gasteiger partial charge in [0.25, 0.3) is 11.5 Å². The van der Waals surface area contributed by atoms with E-state index in [0.717, 1.165) is 48.4 Å². The maximum absolute atomic E-state index is 13.4. The number of pyridine rings is 1. The van der Waals surface area contributed by atoms with E-state index < -0.39 is 5.91 Å². The number of carbonyl (C=O) groups is 1. The molecule has 1 aliphatic heterocycles. The number of rotatable bonds is 7. The minimum Gasteiger partial charge on any atom is -0.382 e. The van der Waals surface area contributed by atoms with Crippen LogP contribution in [0.1, 0.15) is 34.5 Å². The van der Waals surface area contributed by atoms with Gasteiger partial charge in [0.1, 0.15) is 22.9 Å². The molecule has 11 nitrogen and oxygen atoms in total. The number of carbonyl (C=O) groups excluding carboxylic acids is 1. The molecule has 1 saturated heterocycles. The summed E-state index contributed by atoms with van der Waals surface area (Å²) in [6.45, 7) is 5.47. The Morgan fingerprint density at radius 1 is 1.00 bits per heavy atom. The first-order valence-corrected chi connectivity index (χ1v) is 14.9. The molecule has 0 unspecified atom stereocenters. The number of methoxy groups -OCH3 is 1. The van der Waals surface area contributed by atoms with Crippen LogP contribution < -0.4 is 21.5 Å². The number of benzene rings is 2. The van der Waals surface area contributed by atoms with Crippen LogP contribution in [0.4, 0.5) is 17.3 Å². The summed E-state index contributed by atoms with van der Waals surface area (Å²) < 4.78 is 8.70. The average molecular weight is 605 g/mol. The van der Waals surface area contributed by atoms with Gasteiger partial charge in [-0.2, -0.15) is 0 Å². The van der Waals surface area contributed by atoms with Crippen LogP contribution in [0.3, 0.4) is 0 Å². The van der Waals surface area contributed by atoms with Crippen LogP contribution >= 0.6 is 0 Å². The summed E-state index contributed by atoms with van der Waals surface area (Å²) in [7, 11) is 3.53. The zero-order chi connectivity index (χ0) is 31.7. The van der Waals surface area contributed by atoms with Crippen molar-refractivity contribution >= 4 is 23.2 Å². The van der Waals surface area contributed by atoms with Crippen molar-refractivity contribution in [1.29, 1.82) is 0 Å². The predicted octanol–water partition coefficient (Wildman–Crippen LogP) is 4.76. The van der Waals surface area contributed by atoms with Crippen molar-refractivity contribution in [2.75, 3.05) is 36.1 Å². The molecule has 0 spiro atoms. The average Bonchev–Trinajstić information content (AvgIpc) is 3.28. The highest BCUT2D eigenvalue weighted by Crippen LogP contribution is 2.29. The first kappa shape index (κ1) is 29.8. The third-order valence-corrected chi connectivity index (χ3v) is 8.38. The zero-order valence-electron chi connectivity index (χ0n) is 25.8. The fourth-order valence-electron chi connectivity index (χ4n) is 5.75. The number of amides is 1. The molecule has 45 heavy (non-hydrogen) atoms. The van der Waals surface area contributed by atoms with E-state index in [4.69, 9.17) is 15.5 Å². The van der Waals surface area contributed by atoms with E-state index in [-0.39, 0.29) is 17.2 Å². The van der Waals surface area contributed by atoms with Crippen molar-refractivity contribution in [2.45, 2.75) is 32.8 Å². The Bertz CT molecular complexity index is 1920. The number of aromatic nitrogens is 5. The summed E-state index contributed by atoms with van der Waals surface area (Å²) in [5.41, 5.74) is 11.6. The topological polar surface area (TPSA) is 133 Å². The van der Waals surface area contributed by atoms with Gasteiger partial charge in [-0.05, 0) is 68.7 Å². The fourth-order valence-corrected chi connectivity index (χ4v) is 5.75. The zero-order valence-corrected chi connectivity index (χ0v) is 25.8. The van der Waals surface area contributed by atoms with Gasteiger partial charge in [-0.15, -0.1) is 0 Å². The molecule has 2 aromatic carbocycles. The van der Waals surface area contributed by atoms with E-state index in [1.54, 1.807) is 50.3 Å². The second-order valence-corrected chi connectivity index (χ2v) is 11.3. The summed E-state index contributed by atoms with van der Waals surface area (Å²) in [6.07, 6.45) is 5.65. The monoisotopic (exact) mass is 604 g/mol. The summed E-state index contributed by atoms with van der Waals surface area (Å²) in [6, 6.07) is 18.7. The van der Waals surface area contributed by atoms with Crippen LogP contribution in [0.2, 0.25) is 0 Å². The number of nitrogens with zero attached hydrogens (tertiary/aromatic N) is 6. The van der Waals surface area contributed by atoms with Gasteiger partial charge in [0.15, 0.2) is 0 Å². The number of hydrogen-bond acceptors (Lipinski definition) is 8. The maximum Gasteiger partial charge on any atom is 0.284 e. The van der Waals surface area contributed by atoms with E-state index in [9.17, 15) is 9.59 Å². The van der Waals surface area contributed by atoms with Crippen molar-refractivity contribution in [3.63, 3.8) is 0 Å². The lowest BCUT2D eigenvalue weighted by molar-refractivity contribution is 0.0818. The van der Waals surface area contributed by atoms with E-state index in [0.29, 0.717) is 34.3 Å². The van der Waals surface area contributed by atoms with Crippen molar-refractivity contribution < 1.29 is 9.53 Å². The lowest BCUT2D eigenvalue weighted by Gasteiger charge is -2.32. The van der Waals surface area contributed by atoms with E-state index in [1.807, 2.05) is 55.5 Å². The van der Waals surface area contributed by atoms with Gasteiger partial charge in [-0.1, -0.05) is 24.3 Å². The molecule has 1 amide bonds. The molecule has 3 aromatic heterocycles. The van der Waals surface area contributed by atoms with Crippen LogP contribution in [0.15, 0.2) is 77.9 Å². The number of piperidine rings is 1. The summed E-state index contributed by atoms with van der Waals surface area (Å²) in [5, 5.41) is 2.87. The standard InChI is InChI=1S/C34H36N8O3/c1-21-6-5-7-26(18-21)42-34(44)30(22(2)40(42)3)33(43)38-25-10-8-23(9-11-25)31-32(35)37-20-28(39-31)24-12-15-36-29(19-24)41-16-13-27(45-4)14-17-41/h5-12,15,18-20,27H,13-14,16-17H2,1-4H3,(H2,35,37)(H,38,43). The molecule has 11 heteroatoms. The summed E-state index contributed by atoms with van der Waals surface area (Å²) >= 11 is 0. The third kappa shape index (κ3) is 5.94. The molecule has 230 valence electrons. The Balaban J connectivity index is 1.21. The molecule has 0 atom stereocenters. The van der Waals surface area contributed by atoms with E-state index in [1.165, 1.54) is 4.68 Å². The van der Waals surface area contributed by atoms with E-state index >= 15 is 0 Å². The smallest absolute Gasteiger partial charge is 0.284 e. The Morgan fingerprint density at radius 2 is 1.76 bits per heavy atom. The second kappa shape index (κ2) is 12.4. The highest BCUT2D eigenvalue weighted by Gasteiger charge is 2.23. The highest BCUT2D eigenvalue weighted by atomic mass is 16.5. The molecule has 4 heterocycles. The Labute approximate surface area is 261 Å². The van der Waals surface area contributed by atoms with Gasteiger partial charge < -0.3 is 20.7 Å². The largest absolute Gasteiger partial charge is 0.382 e. The minimum absolute atomic E-state index is 0.0886. The van der Waals surface area contributed by atoms with Crippen LogP contribution in [-0.2, 0) is 11.8 Å². The van der Waals surface area contributed by atoms with E-state index in [2.05, 4.69) is 20.2 Å². The SMILES string of the molecule is COC1CCN(c2cc(-c3cnc(N)c(-c4ccc(NC(=O)c5c(C)n(C)n(-c6cccc(C)c6)c5=O)cc4)n3)ccn2)CC1. The normalized spacial score (nSPS) is 13.6. The van der Waals surface area contributed by atoms with Gasteiger partial charge in [0.2, 0.25) is 0 Å². The fraction of sp³-hybridized carbons (Fsp3) is 0.265. The van der Waals surface area contributed by atoms with Crippen LogP contribution in [0, 0.1) is 13.8 Å². The predicted molar refractivity (Wildman–Crippen MR) is 176 cm³/mol. The Hall–Kier alpha value is -5.29. The maximum atomic E-state index is 13.4. The highest BCUT2D eigenvalue weighted by molar-refractivity contribution is 6.05. The Morgan fingerprint density at radius 3 is 2.47 bits per heavy atom. The molecule has 0 aliphatic carbocycles. The first-order chi connectivity index (χ1) is 21.7. The molecule has 0 radical (unpaired) electrons. The number of anilines is 3. The lowest BCUT2D eigenvalue weighted by atomic mass is 10.1. The molecular weight excluding hydrogens is 568 g/mol. The molecule has 3 N–H and O–H groups in total. The van der Waals surface area contributed by atoms with Gasteiger partial charge in [-0.3, -0.25) is 14.3 Å². The van der Waals surface area contributed by atoms with Crippen LogP contribution in [0.5, 0.6) is 0 Å². The number of nitrogens with two attached hydrogens (primary N) is 1. The minimum atomic E-state index is -0.478. The molecule has 0 saturated carbocycles. The third-order valence-electron chi connectivity index (χ3n) is 8.38.